The van der Waals surface area contributed by atoms with E-state index in [2.05, 4.69) is 327 Å². The maximum absolute atomic E-state index is 2.62. The Morgan fingerprint density at radius 3 is 0.872 bits per heavy atom. The normalized spacial score (nSPS) is 15.9. The van der Waals surface area contributed by atoms with Gasteiger partial charge in [0.15, 0.2) is 0 Å². The molecule has 2 heteroatoms. The molecule has 0 saturated carbocycles. The van der Waals surface area contributed by atoms with E-state index in [1.54, 1.807) is 0 Å². The van der Waals surface area contributed by atoms with Crippen molar-refractivity contribution in [1.82, 2.24) is 0 Å². The summed E-state index contributed by atoms with van der Waals surface area (Å²) in [5.41, 5.74) is 15.9. The fourth-order valence-electron chi connectivity index (χ4n) is 16.0. The summed E-state index contributed by atoms with van der Waals surface area (Å²) in [7, 11) is 0. The van der Waals surface area contributed by atoms with Crippen molar-refractivity contribution in [3.8, 4) is 22.3 Å². The molecule has 0 heterocycles. The van der Waals surface area contributed by atoms with Crippen molar-refractivity contribution in [3.05, 3.63) is 326 Å². The maximum Gasteiger partial charge on any atom is 0.0543 e. The van der Waals surface area contributed by atoms with E-state index >= 15 is 0 Å². The van der Waals surface area contributed by atoms with Crippen LogP contribution >= 0.6 is 0 Å². The maximum atomic E-state index is 2.62. The quantitative estimate of drug-likeness (QED) is 0.147. The number of para-hydroxylation sites is 2. The Bertz CT molecular complexity index is 5180. The molecular formula is C84H56N2. The number of fused-ring (bicyclic) bond motifs is 20. The molecule has 86 heavy (non-hydrogen) atoms. The van der Waals surface area contributed by atoms with Gasteiger partial charge in [-0.05, 0) is 181 Å². The smallest absolute Gasteiger partial charge is 0.0543 e. The second-order valence-corrected chi connectivity index (χ2v) is 24.1. The van der Waals surface area contributed by atoms with E-state index in [-0.39, 0.29) is 0 Å². The van der Waals surface area contributed by atoms with Gasteiger partial charge in [-0.25, -0.2) is 0 Å². The van der Waals surface area contributed by atoms with Crippen LogP contribution in [0.15, 0.2) is 303 Å². The average Bonchev–Trinajstić information content (AvgIpc) is 1.49. The van der Waals surface area contributed by atoms with Crippen LogP contribution in [0.1, 0.15) is 36.1 Å². The van der Waals surface area contributed by atoms with Crippen LogP contribution in [-0.4, -0.2) is 0 Å². The second-order valence-electron chi connectivity index (χ2n) is 24.1. The van der Waals surface area contributed by atoms with Gasteiger partial charge in [-0.1, -0.05) is 257 Å². The molecule has 0 N–H and O–H groups in total. The minimum absolute atomic E-state index is 0.677. The summed E-state index contributed by atoms with van der Waals surface area (Å²) in [6, 6.07) is 114. The third-order valence-electron chi connectivity index (χ3n) is 20.0. The molecule has 0 aliphatic heterocycles. The molecule has 16 aromatic carbocycles. The van der Waals surface area contributed by atoms with Crippen LogP contribution in [-0.2, 0) is 10.8 Å². The summed E-state index contributed by atoms with van der Waals surface area (Å²) in [5, 5.41) is 19.8. The molecule has 2 aliphatic rings. The van der Waals surface area contributed by atoms with E-state index < -0.39 is 10.8 Å². The summed E-state index contributed by atoms with van der Waals surface area (Å²) in [6.07, 6.45) is 0. The van der Waals surface area contributed by atoms with Crippen LogP contribution in [0.4, 0.5) is 34.1 Å². The highest BCUT2D eigenvalue weighted by Gasteiger charge is 2.59. The van der Waals surface area contributed by atoms with E-state index in [4.69, 9.17) is 0 Å². The van der Waals surface area contributed by atoms with Crippen molar-refractivity contribution in [2.24, 2.45) is 0 Å². The lowest BCUT2D eigenvalue weighted by molar-refractivity contribution is 0.376. The number of hydrogen-bond acceptors (Lipinski definition) is 2. The van der Waals surface area contributed by atoms with Gasteiger partial charge >= 0.3 is 0 Å². The van der Waals surface area contributed by atoms with Crippen LogP contribution in [0.25, 0.3) is 108 Å². The first kappa shape index (κ1) is 48.7. The van der Waals surface area contributed by atoms with Crippen LogP contribution in [0.3, 0.4) is 0 Å². The number of benzene rings is 16. The molecule has 0 spiro atoms. The van der Waals surface area contributed by atoms with E-state index in [9.17, 15) is 0 Å². The summed E-state index contributed by atoms with van der Waals surface area (Å²) in [6.45, 7) is 5.21. The molecule has 0 fully saturated rings. The molecule has 402 valence electrons. The monoisotopic (exact) mass is 1090 g/mol. The summed E-state index contributed by atoms with van der Waals surface area (Å²) in [5.74, 6) is 0. The van der Waals surface area contributed by atoms with Gasteiger partial charge in [0.1, 0.15) is 0 Å². The second kappa shape index (κ2) is 18.3. The van der Waals surface area contributed by atoms with Crippen LogP contribution in [0.2, 0.25) is 0 Å². The van der Waals surface area contributed by atoms with E-state index in [1.165, 1.54) is 131 Å². The zero-order valence-electron chi connectivity index (χ0n) is 47.8. The van der Waals surface area contributed by atoms with Crippen LogP contribution in [0, 0.1) is 0 Å². The Labute approximate surface area is 499 Å². The van der Waals surface area contributed by atoms with Gasteiger partial charge in [0.2, 0.25) is 0 Å². The molecule has 2 unspecified atom stereocenters. The molecule has 2 aliphatic carbocycles. The highest BCUT2D eigenvalue weighted by Crippen LogP contribution is 2.69. The van der Waals surface area contributed by atoms with Gasteiger partial charge in [0, 0.05) is 44.4 Å². The van der Waals surface area contributed by atoms with E-state index in [0.29, 0.717) is 0 Å². The lowest BCUT2D eigenvalue weighted by Gasteiger charge is -2.46. The van der Waals surface area contributed by atoms with E-state index in [1.807, 2.05) is 0 Å². The number of nitrogens with zero attached hydrogens (tertiary/aromatic N) is 2. The fourth-order valence-corrected chi connectivity index (χ4v) is 16.0. The molecule has 2 nitrogen and oxygen atoms in total. The van der Waals surface area contributed by atoms with Crippen LogP contribution in [0.5, 0.6) is 0 Å². The predicted molar refractivity (Wildman–Crippen MR) is 366 cm³/mol. The molecule has 16 aromatic rings. The number of hydrogen-bond donors (Lipinski definition) is 0. The summed E-state index contributed by atoms with van der Waals surface area (Å²) in [4.78, 5) is 5.07. The first-order valence-corrected chi connectivity index (χ1v) is 30.2. The highest BCUT2D eigenvalue weighted by molar-refractivity contribution is 6.20. The fraction of sp³-hybridized carbons (Fsp3) is 0.0476. The Hall–Kier alpha value is -10.8. The predicted octanol–water partition coefficient (Wildman–Crippen LogP) is 23.1. The lowest BCUT2D eigenvalue weighted by Crippen LogP contribution is -2.44. The molecule has 0 bridgehead atoms. The lowest BCUT2D eigenvalue weighted by atomic mass is 9.56. The Morgan fingerprint density at radius 1 is 0.198 bits per heavy atom. The Balaban J connectivity index is 0.975. The molecule has 0 radical (unpaired) electrons. The molecule has 18 rings (SSSR count). The van der Waals surface area contributed by atoms with Gasteiger partial charge in [0.05, 0.1) is 11.4 Å². The summed E-state index contributed by atoms with van der Waals surface area (Å²) < 4.78 is 0. The molecular weight excluding hydrogens is 1040 g/mol. The topological polar surface area (TPSA) is 6.48 Å². The van der Waals surface area contributed by atoms with Crippen molar-refractivity contribution < 1.29 is 0 Å². The van der Waals surface area contributed by atoms with Gasteiger partial charge in [0.25, 0.3) is 0 Å². The van der Waals surface area contributed by atoms with Crippen molar-refractivity contribution in [3.63, 3.8) is 0 Å². The van der Waals surface area contributed by atoms with Crippen molar-refractivity contribution in [1.29, 1.82) is 0 Å². The zero-order chi connectivity index (χ0) is 56.8. The molecule has 0 aromatic heterocycles. The minimum Gasteiger partial charge on any atom is -0.310 e. The van der Waals surface area contributed by atoms with Crippen molar-refractivity contribution >= 4 is 120 Å². The zero-order valence-corrected chi connectivity index (χ0v) is 47.8. The van der Waals surface area contributed by atoms with Crippen molar-refractivity contribution in [2.75, 3.05) is 9.80 Å². The number of anilines is 6. The average molecular weight is 1090 g/mol. The van der Waals surface area contributed by atoms with Gasteiger partial charge in [-0.2, -0.15) is 0 Å². The first-order valence-electron chi connectivity index (χ1n) is 30.2. The van der Waals surface area contributed by atoms with Gasteiger partial charge in [-0.3, -0.25) is 0 Å². The van der Waals surface area contributed by atoms with Gasteiger partial charge in [-0.15, -0.1) is 0 Å². The van der Waals surface area contributed by atoms with Crippen molar-refractivity contribution in [2.45, 2.75) is 24.7 Å². The standard InChI is InChI=1S/C84H56N2/c1-83(73-47-43-55-23-11-15-31-65(55)79(73)81-69-35-19-17-33-67(69)77(51-75(81)83)85(59-25-5-3-6-26-59)61-45-41-57-39-37-53-21-9-13-29-63(53)71(57)49-61)84(2)74-48-44-56-24-12-16-32-66(56)80(74)82-70-36-20-18-34-68(70)78(52-76(82)84)86(60-27-7-4-8-28-60)62-46-42-58-40-38-54-22-10-14-30-64(54)72(58)50-62/h3-52H,1-2H3. The minimum atomic E-state index is -0.677. The molecule has 2 atom stereocenters. The highest BCUT2D eigenvalue weighted by atomic mass is 15.2. The Kier molecular flexibility index (Phi) is 10.4. The SMILES string of the molecule is CC1(C2(C)c3ccc4ccccc4c3-c3c2cc(N(c2ccccc2)c2ccc4ccc5ccccc5c4c2)c2ccccc32)c2ccc3ccccc3c2-c2c1cc(N(c1ccccc1)c1ccc3ccc4ccccc4c3c1)c1ccccc21. The Morgan fingerprint density at radius 2 is 0.477 bits per heavy atom. The van der Waals surface area contributed by atoms with Gasteiger partial charge < -0.3 is 9.80 Å². The van der Waals surface area contributed by atoms with Crippen LogP contribution < -0.4 is 9.80 Å². The number of rotatable bonds is 7. The summed E-state index contributed by atoms with van der Waals surface area (Å²) >= 11 is 0. The third-order valence-corrected chi connectivity index (χ3v) is 20.0. The molecule has 0 amide bonds. The largest absolute Gasteiger partial charge is 0.310 e. The first-order chi connectivity index (χ1) is 42.4. The van der Waals surface area contributed by atoms with E-state index in [0.717, 1.165) is 34.1 Å². The molecule has 0 saturated heterocycles. The third kappa shape index (κ3) is 6.73.